The van der Waals surface area contributed by atoms with Crippen LogP contribution in [0.2, 0.25) is 25.7 Å². The molecule has 0 atom stereocenters. The average Bonchev–Trinajstić information content (AvgIpc) is 3.07. The van der Waals surface area contributed by atoms with Crippen LogP contribution in [-0.4, -0.2) is 50.4 Å². The minimum Gasteiger partial charge on any atom is -0.369 e. The molecule has 1 aromatic heterocycles. The number of imidazole rings is 1. The molecule has 0 amide bonds. The van der Waals surface area contributed by atoms with E-state index < -0.39 is 8.07 Å². The van der Waals surface area contributed by atoms with Gasteiger partial charge in [-0.1, -0.05) is 19.6 Å². The molecule has 0 saturated carbocycles. The standard InChI is InChI=1S/C19H30N4OSi/c1-25(2,3)15-14-24-16-23-13-10-21-19(23)17-4-6-18(7-5-17)22-11-8-20-9-12-22/h4-7,10,13,20H,8-9,11-12,14-16H2,1-3H3. The van der Waals surface area contributed by atoms with Gasteiger partial charge in [-0.05, 0) is 30.3 Å². The Bertz CT molecular complexity index is 657. The van der Waals surface area contributed by atoms with E-state index in [1.165, 1.54) is 11.7 Å². The zero-order chi connectivity index (χ0) is 17.7. The molecule has 5 nitrogen and oxygen atoms in total. The molecule has 1 aliphatic heterocycles. The Morgan fingerprint density at radius 1 is 1.12 bits per heavy atom. The SMILES string of the molecule is C[Si](C)(C)CCOCn1ccnc1-c1ccc(N2CCNCC2)cc1. The van der Waals surface area contributed by atoms with Gasteiger partial charge in [0.15, 0.2) is 0 Å². The molecule has 0 unspecified atom stereocenters. The van der Waals surface area contributed by atoms with Crippen molar-refractivity contribution >= 4 is 13.8 Å². The van der Waals surface area contributed by atoms with E-state index >= 15 is 0 Å². The maximum Gasteiger partial charge on any atom is 0.141 e. The molecular formula is C19H30N4OSi. The fraction of sp³-hybridized carbons (Fsp3) is 0.526. The summed E-state index contributed by atoms with van der Waals surface area (Å²) in [5.41, 5.74) is 2.42. The predicted octanol–water partition coefficient (Wildman–Crippen LogP) is 3.27. The number of aromatic nitrogens is 2. The first-order valence-electron chi connectivity index (χ1n) is 9.18. The second-order valence-corrected chi connectivity index (χ2v) is 13.5. The number of benzene rings is 1. The van der Waals surface area contributed by atoms with E-state index in [0.29, 0.717) is 6.73 Å². The second-order valence-electron chi connectivity index (χ2n) is 7.85. The third-order valence-corrected chi connectivity index (χ3v) is 6.25. The van der Waals surface area contributed by atoms with Gasteiger partial charge in [0.05, 0.1) is 0 Å². The van der Waals surface area contributed by atoms with Crippen molar-refractivity contribution in [3.05, 3.63) is 36.7 Å². The molecule has 25 heavy (non-hydrogen) atoms. The van der Waals surface area contributed by atoms with Crippen molar-refractivity contribution < 1.29 is 4.74 Å². The predicted molar refractivity (Wildman–Crippen MR) is 107 cm³/mol. The van der Waals surface area contributed by atoms with Gasteiger partial charge in [0.1, 0.15) is 12.6 Å². The van der Waals surface area contributed by atoms with Crippen LogP contribution in [0.1, 0.15) is 0 Å². The lowest BCUT2D eigenvalue weighted by atomic mass is 10.1. The highest BCUT2D eigenvalue weighted by molar-refractivity contribution is 6.76. The maximum atomic E-state index is 5.88. The van der Waals surface area contributed by atoms with E-state index in [4.69, 9.17) is 4.74 Å². The van der Waals surface area contributed by atoms with Gasteiger partial charge in [-0.2, -0.15) is 0 Å². The zero-order valence-corrected chi connectivity index (χ0v) is 16.7. The fourth-order valence-corrected chi connectivity index (χ4v) is 3.72. The molecule has 1 aliphatic rings. The van der Waals surface area contributed by atoms with E-state index in [-0.39, 0.29) is 0 Å². The van der Waals surface area contributed by atoms with E-state index in [2.05, 4.69) is 63.7 Å². The zero-order valence-electron chi connectivity index (χ0n) is 15.7. The Morgan fingerprint density at radius 2 is 1.84 bits per heavy atom. The summed E-state index contributed by atoms with van der Waals surface area (Å²) in [7, 11) is -1.04. The van der Waals surface area contributed by atoms with Gasteiger partial charge in [-0.25, -0.2) is 4.98 Å². The molecule has 1 saturated heterocycles. The minimum atomic E-state index is -1.04. The van der Waals surface area contributed by atoms with E-state index in [1.54, 1.807) is 0 Å². The molecule has 0 radical (unpaired) electrons. The van der Waals surface area contributed by atoms with Gasteiger partial charge in [0, 0.05) is 64.5 Å². The molecule has 2 aromatic rings. The smallest absolute Gasteiger partial charge is 0.141 e. The third kappa shape index (κ3) is 5.17. The summed E-state index contributed by atoms with van der Waals surface area (Å²) in [6, 6.07) is 9.92. The summed E-state index contributed by atoms with van der Waals surface area (Å²) in [5, 5.41) is 3.39. The van der Waals surface area contributed by atoms with Crippen LogP contribution in [0.15, 0.2) is 36.7 Å². The molecule has 1 fully saturated rings. The van der Waals surface area contributed by atoms with Crippen LogP contribution in [-0.2, 0) is 11.5 Å². The van der Waals surface area contributed by atoms with Crippen molar-refractivity contribution in [2.45, 2.75) is 32.4 Å². The first kappa shape index (κ1) is 18.2. The Balaban J connectivity index is 1.61. The average molecular weight is 359 g/mol. The van der Waals surface area contributed by atoms with Crippen LogP contribution >= 0.6 is 0 Å². The number of hydrogen-bond donors (Lipinski definition) is 1. The van der Waals surface area contributed by atoms with Crippen LogP contribution < -0.4 is 10.2 Å². The van der Waals surface area contributed by atoms with E-state index in [0.717, 1.165) is 44.2 Å². The van der Waals surface area contributed by atoms with Crippen LogP contribution in [0.4, 0.5) is 5.69 Å². The van der Waals surface area contributed by atoms with E-state index in [1.807, 2.05) is 12.4 Å². The number of rotatable bonds is 7. The number of ether oxygens (including phenoxy) is 1. The van der Waals surface area contributed by atoms with Crippen molar-refractivity contribution in [2.24, 2.45) is 0 Å². The fourth-order valence-electron chi connectivity index (χ4n) is 2.96. The van der Waals surface area contributed by atoms with Gasteiger partial charge >= 0.3 is 0 Å². The molecule has 0 spiro atoms. The Morgan fingerprint density at radius 3 is 2.52 bits per heavy atom. The molecular weight excluding hydrogens is 328 g/mol. The van der Waals surface area contributed by atoms with Gasteiger partial charge in [-0.15, -0.1) is 0 Å². The van der Waals surface area contributed by atoms with Crippen molar-refractivity contribution in [3.8, 4) is 11.4 Å². The van der Waals surface area contributed by atoms with Crippen LogP contribution in [0.25, 0.3) is 11.4 Å². The Kier molecular flexibility index (Phi) is 5.93. The molecule has 0 bridgehead atoms. The first-order chi connectivity index (χ1) is 12.0. The Hall–Kier alpha value is -1.63. The highest BCUT2D eigenvalue weighted by Gasteiger charge is 2.13. The minimum absolute atomic E-state index is 0.569. The lowest BCUT2D eigenvalue weighted by Gasteiger charge is -2.29. The summed E-state index contributed by atoms with van der Waals surface area (Å²) >= 11 is 0. The highest BCUT2D eigenvalue weighted by atomic mass is 28.3. The van der Waals surface area contributed by atoms with Gasteiger partial charge < -0.3 is 19.5 Å². The molecule has 2 heterocycles. The van der Waals surface area contributed by atoms with Gasteiger partial charge in [-0.3, -0.25) is 0 Å². The number of hydrogen-bond acceptors (Lipinski definition) is 4. The summed E-state index contributed by atoms with van der Waals surface area (Å²) < 4.78 is 7.96. The summed E-state index contributed by atoms with van der Waals surface area (Å²) in [6.07, 6.45) is 3.84. The molecule has 1 N–H and O–H groups in total. The topological polar surface area (TPSA) is 42.3 Å². The molecule has 136 valence electrons. The summed E-state index contributed by atoms with van der Waals surface area (Å²) in [5.74, 6) is 0.972. The van der Waals surface area contributed by atoms with Gasteiger partial charge in [0.25, 0.3) is 0 Å². The number of piperazine rings is 1. The van der Waals surface area contributed by atoms with Crippen LogP contribution in [0, 0.1) is 0 Å². The lowest BCUT2D eigenvalue weighted by Crippen LogP contribution is -2.43. The Labute approximate surface area is 152 Å². The molecule has 0 aliphatic carbocycles. The quantitative estimate of drug-likeness (QED) is 0.609. The number of nitrogens with zero attached hydrogens (tertiary/aromatic N) is 3. The monoisotopic (exact) mass is 358 g/mol. The largest absolute Gasteiger partial charge is 0.369 e. The van der Waals surface area contributed by atoms with Crippen molar-refractivity contribution in [1.29, 1.82) is 0 Å². The number of nitrogens with one attached hydrogen (secondary N) is 1. The second kappa shape index (κ2) is 8.16. The van der Waals surface area contributed by atoms with Crippen molar-refractivity contribution in [3.63, 3.8) is 0 Å². The molecule has 1 aromatic carbocycles. The first-order valence-corrected chi connectivity index (χ1v) is 12.9. The summed E-state index contributed by atoms with van der Waals surface area (Å²) in [6.45, 7) is 12.8. The van der Waals surface area contributed by atoms with Crippen LogP contribution in [0.5, 0.6) is 0 Å². The summed E-state index contributed by atoms with van der Waals surface area (Å²) in [4.78, 5) is 6.95. The lowest BCUT2D eigenvalue weighted by molar-refractivity contribution is 0.0883. The molecule has 3 rings (SSSR count). The molecule has 6 heteroatoms. The van der Waals surface area contributed by atoms with E-state index in [9.17, 15) is 0 Å². The van der Waals surface area contributed by atoms with Crippen molar-refractivity contribution in [2.75, 3.05) is 37.7 Å². The van der Waals surface area contributed by atoms with Crippen LogP contribution in [0.3, 0.4) is 0 Å². The number of anilines is 1. The maximum absolute atomic E-state index is 5.88. The van der Waals surface area contributed by atoms with Crippen molar-refractivity contribution in [1.82, 2.24) is 14.9 Å². The third-order valence-electron chi connectivity index (χ3n) is 4.55. The van der Waals surface area contributed by atoms with Gasteiger partial charge in [0.2, 0.25) is 0 Å². The normalized spacial score (nSPS) is 15.6. The highest BCUT2D eigenvalue weighted by Crippen LogP contribution is 2.22.